The Morgan fingerprint density at radius 3 is 2.35 bits per heavy atom. The van der Waals surface area contributed by atoms with E-state index in [4.69, 9.17) is 10.4 Å². The van der Waals surface area contributed by atoms with E-state index in [2.05, 4.69) is 10.2 Å². The molecule has 3 rings (SSSR count). The van der Waals surface area contributed by atoms with Gasteiger partial charge >= 0.3 is 18.2 Å². The zero-order valence-electron chi connectivity index (χ0n) is 15.7. The van der Waals surface area contributed by atoms with Gasteiger partial charge in [-0.05, 0) is 38.1 Å². The number of anilines is 2. The molecule has 0 aliphatic carbocycles. The van der Waals surface area contributed by atoms with Crippen LogP contribution in [0.1, 0.15) is 35.5 Å². The number of benzene rings is 1. The van der Waals surface area contributed by atoms with Gasteiger partial charge in [0.15, 0.2) is 11.5 Å². The molecule has 0 saturated carbocycles. The highest BCUT2D eigenvalue weighted by molar-refractivity contribution is 6.29. The van der Waals surface area contributed by atoms with E-state index in [1.54, 1.807) is 0 Å². The van der Waals surface area contributed by atoms with Crippen LogP contribution in [0.5, 0.6) is 0 Å². The summed E-state index contributed by atoms with van der Waals surface area (Å²) in [4.78, 5) is 37.9. The van der Waals surface area contributed by atoms with Gasteiger partial charge in [-0.25, -0.2) is 18.9 Å². The molecule has 3 amide bonds. The number of alkyl halides is 3. The molecule has 31 heavy (non-hydrogen) atoms. The zero-order chi connectivity index (χ0) is 23.3. The number of aromatic carboxylic acids is 1. The lowest BCUT2D eigenvalue weighted by Gasteiger charge is -2.27. The van der Waals surface area contributed by atoms with Gasteiger partial charge < -0.3 is 5.11 Å². The van der Waals surface area contributed by atoms with E-state index in [-0.39, 0.29) is 5.69 Å². The summed E-state index contributed by atoms with van der Waals surface area (Å²) in [6.07, 6.45) is -5.01. The second-order valence-corrected chi connectivity index (χ2v) is 6.86. The SMILES string of the molecule is CC1(C)C(=O)N(c2cc(C(F)(F)F)c(C#N)nn2)C(=O)N1c1ccc(C(=O)O)c(F)c1. The van der Waals surface area contributed by atoms with Crippen molar-refractivity contribution in [3.8, 4) is 6.07 Å². The lowest BCUT2D eigenvalue weighted by molar-refractivity contribution is -0.138. The Kier molecular flexibility index (Phi) is 4.89. The topological polar surface area (TPSA) is 127 Å². The number of carbonyl (C=O) groups excluding carboxylic acids is 2. The minimum absolute atomic E-state index is 0.203. The number of hydrogen-bond donors (Lipinski definition) is 1. The van der Waals surface area contributed by atoms with Crippen LogP contribution in [0.4, 0.5) is 33.9 Å². The van der Waals surface area contributed by atoms with E-state index in [1.165, 1.54) is 19.9 Å². The predicted molar refractivity (Wildman–Crippen MR) is 94.5 cm³/mol. The fraction of sp³-hybridized carbons (Fsp3) is 0.222. The minimum Gasteiger partial charge on any atom is -0.478 e. The third kappa shape index (κ3) is 3.41. The molecule has 0 radical (unpaired) electrons. The predicted octanol–water partition coefficient (Wildman–Crippen LogP) is 2.96. The standard InChI is InChI=1S/C18H11F4N5O4/c1-17(2)15(30)26(13-6-10(18(20,21)22)12(7-23)24-25-13)16(31)27(17)8-3-4-9(14(28)29)11(19)5-8/h3-6H,1-2H3,(H,28,29). The lowest BCUT2D eigenvalue weighted by atomic mass is 10.0. The number of carboxylic acids is 1. The first-order valence-electron chi connectivity index (χ1n) is 8.37. The Bertz CT molecular complexity index is 1170. The molecule has 1 aromatic carbocycles. The fourth-order valence-corrected chi connectivity index (χ4v) is 3.04. The summed E-state index contributed by atoms with van der Waals surface area (Å²) in [5.74, 6) is -4.51. The molecule has 1 N–H and O–H groups in total. The van der Waals surface area contributed by atoms with Crippen molar-refractivity contribution in [2.75, 3.05) is 9.80 Å². The Morgan fingerprint density at radius 1 is 1.19 bits per heavy atom. The number of halogens is 4. The van der Waals surface area contributed by atoms with Crippen molar-refractivity contribution in [2.45, 2.75) is 25.6 Å². The maximum Gasteiger partial charge on any atom is 0.419 e. The van der Waals surface area contributed by atoms with Gasteiger partial charge in [0.2, 0.25) is 0 Å². The number of nitriles is 1. The maximum atomic E-state index is 14.1. The van der Waals surface area contributed by atoms with Gasteiger partial charge in [-0.15, -0.1) is 10.2 Å². The lowest BCUT2D eigenvalue weighted by Crippen LogP contribution is -2.44. The summed E-state index contributed by atoms with van der Waals surface area (Å²) < 4.78 is 53.8. The molecule has 9 nitrogen and oxygen atoms in total. The molecule has 13 heteroatoms. The molecule has 1 aliphatic rings. The van der Waals surface area contributed by atoms with Crippen molar-refractivity contribution in [1.82, 2.24) is 10.2 Å². The normalized spacial score (nSPS) is 15.9. The van der Waals surface area contributed by atoms with E-state index >= 15 is 0 Å². The smallest absolute Gasteiger partial charge is 0.419 e. The number of carboxylic acid groups (broad SMARTS) is 1. The number of carbonyl (C=O) groups is 3. The number of imide groups is 1. The molecule has 2 heterocycles. The molecule has 1 aliphatic heterocycles. The van der Waals surface area contributed by atoms with Crippen LogP contribution in [0.25, 0.3) is 0 Å². The quantitative estimate of drug-likeness (QED) is 0.578. The molecule has 1 fully saturated rings. The van der Waals surface area contributed by atoms with E-state index < -0.39 is 58.1 Å². The Balaban J connectivity index is 2.12. The largest absolute Gasteiger partial charge is 0.478 e. The van der Waals surface area contributed by atoms with Gasteiger partial charge in [-0.1, -0.05) is 0 Å². The summed E-state index contributed by atoms with van der Waals surface area (Å²) in [7, 11) is 0. The number of urea groups is 1. The molecule has 0 spiro atoms. The summed E-state index contributed by atoms with van der Waals surface area (Å²) in [5, 5.41) is 24.3. The first-order chi connectivity index (χ1) is 14.3. The highest BCUT2D eigenvalue weighted by atomic mass is 19.4. The van der Waals surface area contributed by atoms with Gasteiger partial charge in [0.05, 0.1) is 11.1 Å². The van der Waals surface area contributed by atoms with Crippen molar-refractivity contribution >= 4 is 29.4 Å². The number of nitrogens with zero attached hydrogens (tertiary/aromatic N) is 5. The molecule has 0 unspecified atom stereocenters. The van der Waals surface area contributed by atoms with Crippen molar-refractivity contribution in [2.24, 2.45) is 0 Å². The van der Waals surface area contributed by atoms with Crippen molar-refractivity contribution in [3.63, 3.8) is 0 Å². The highest BCUT2D eigenvalue weighted by Crippen LogP contribution is 2.38. The summed E-state index contributed by atoms with van der Waals surface area (Å²) >= 11 is 0. The molecule has 160 valence electrons. The summed E-state index contributed by atoms with van der Waals surface area (Å²) in [5.41, 5.74) is -5.11. The van der Waals surface area contributed by atoms with E-state index in [0.717, 1.165) is 17.0 Å². The first kappa shape index (κ1) is 21.6. The first-order valence-corrected chi connectivity index (χ1v) is 8.37. The number of amides is 3. The zero-order valence-corrected chi connectivity index (χ0v) is 15.7. The molecular formula is C18H11F4N5O4. The number of aromatic nitrogens is 2. The van der Waals surface area contributed by atoms with Crippen LogP contribution in [0.15, 0.2) is 24.3 Å². The molecule has 1 aromatic heterocycles. The average molecular weight is 437 g/mol. The molecule has 0 bridgehead atoms. The maximum absolute atomic E-state index is 14.1. The summed E-state index contributed by atoms with van der Waals surface area (Å²) in [6.45, 7) is 2.52. The van der Waals surface area contributed by atoms with Crippen LogP contribution in [0, 0.1) is 17.1 Å². The average Bonchev–Trinajstić information content (AvgIpc) is 2.84. The van der Waals surface area contributed by atoms with Crippen LogP contribution in [0.3, 0.4) is 0 Å². The minimum atomic E-state index is -5.01. The second kappa shape index (κ2) is 7.01. The van der Waals surface area contributed by atoms with E-state index in [1.807, 2.05) is 0 Å². The Labute approximate surface area is 171 Å². The number of rotatable bonds is 3. The molecule has 1 saturated heterocycles. The highest BCUT2D eigenvalue weighted by Gasteiger charge is 2.54. The summed E-state index contributed by atoms with van der Waals surface area (Å²) in [6, 6.07) is 3.09. The van der Waals surface area contributed by atoms with Crippen LogP contribution in [0.2, 0.25) is 0 Å². The second-order valence-electron chi connectivity index (χ2n) is 6.86. The van der Waals surface area contributed by atoms with Gasteiger partial charge in [-0.2, -0.15) is 18.4 Å². The monoisotopic (exact) mass is 437 g/mol. The van der Waals surface area contributed by atoms with Crippen molar-refractivity contribution in [3.05, 3.63) is 46.9 Å². The molecular weight excluding hydrogens is 426 g/mol. The third-order valence-electron chi connectivity index (χ3n) is 4.53. The Hall–Kier alpha value is -4.08. The van der Waals surface area contributed by atoms with Gasteiger partial charge in [0, 0.05) is 5.69 Å². The van der Waals surface area contributed by atoms with Crippen LogP contribution in [-0.4, -0.2) is 38.8 Å². The fourth-order valence-electron chi connectivity index (χ4n) is 3.04. The van der Waals surface area contributed by atoms with Gasteiger partial charge in [0.25, 0.3) is 5.91 Å². The molecule has 0 atom stereocenters. The Morgan fingerprint density at radius 2 is 1.84 bits per heavy atom. The molecule has 2 aromatic rings. The van der Waals surface area contributed by atoms with Crippen LogP contribution >= 0.6 is 0 Å². The van der Waals surface area contributed by atoms with Gasteiger partial charge in [0.1, 0.15) is 17.4 Å². The van der Waals surface area contributed by atoms with Crippen molar-refractivity contribution < 1.29 is 37.1 Å². The van der Waals surface area contributed by atoms with Gasteiger partial charge in [-0.3, -0.25) is 9.69 Å². The third-order valence-corrected chi connectivity index (χ3v) is 4.53. The van der Waals surface area contributed by atoms with Crippen molar-refractivity contribution in [1.29, 1.82) is 5.26 Å². The van der Waals surface area contributed by atoms with Crippen LogP contribution < -0.4 is 9.80 Å². The number of hydrogen-bond acceptors (Lipinski definition) is 6. The van der Waals surface area contributed by atoms with E-state index in [0.29, 0.717) is 17.0 Å². The van der Waals surface area contributed by atoms with E-state index in [9.17, 15) is 31.9 Å². The van der Waals surface area contributed by atoms with Crippen LogP contribution in [-0.2, 0) is 11.0 Å².